The number of nitro benzene ring substituents is 1. The predicted molar refractivity (Wildman–Crippen MR) is 115 cm³/mol. The average molecular weight is 434 g/mol. The van der Waals surface area contributed by atoms with Crippen molar-refractivity contribution < 1.29 is 14.1 Å². The molecule has 0 unspecified atom stereocenters. The Morgan fingerprint density at radius 2 is 1.97 bits per heavy atom. The standard InChI is InChI=1S/C23H16ClN3O4/c24-18-5-7-20(21(12-18)27(29)30)22-8-6-19(31-22)11-17(13-25)23(28)26-10-9-15-3-1-2-4-16(15)14-26/h1-8,11-12H,9-10,14H2/b17-11+. The van der Waals surface area contributed by atoms with E-state index in [1.54, 1.807) is 17.0 Å². The first kappa shape index (κ1) is 20.4. The van der Waals surface area contributed by atoms with Gasteiger partial charge in [-0.25, -0.2) is 0 Å². The summed E-state index contributed by atoms with van der Waals surface area (Å²) in [6, 6.07) is 17.2. The number of amides is 1. The van der Waals surface area contributed by atoms with Crippen LogP contribution < -0.4 is 0 Å². The molecule has 0 aliphatic carbocycles. The fraction of sp³-hybridized carbons (Fsp3) is 0.130. The number of halogens is 1. The highest BCUT2D eigenvalue weighted by molar-refractivity contribution is 6.30. The molecule has 154 valence electrons. The van der Waals surface area contributed by atoms with Gasteiger partial charge in [-0.2, -0.15) is 5.26 Å². The Morgan fingerprint density at radius 1 is 1.19 bits per heavy atom. The van der Waals surface area contributed by atoms with Crippen LogP contribution in [0.25, 0.3) is 17.4 Å². The van der Waals surface area contributed by atoms with Crippen molar-refractivity contribution in [3.05, 3.63) is 92.2 Å². The molecule has 0 radical (unpaired) electrons. The van der Waals surface area contributed by atoms with E-state index in [1.165, 1.54) is 29.8 Å². The molecule has 1 aliphatic rings. The number of hydrogen-bond donors (Lipinski definition) is 0. The summed E-state index contributed by atoms with van der Waals surface area (Å²) >= 11 is 5.86. The molecule has 8 heteroatoms. The molecule has 2 heterocycles. The molecule has 1 aromatic heterocycles. The van der Waals surface area contributed by atoms with Gasteiger partial charge in [0.25, 0.3) is 11.6 Å². The Kier molecular flexibility index (Phi) is 5.56. The Balaban J connectivity index is 1.59. The van der Waals surface area contributed by atoms with Gasteiger partial charge >= 0.3 is 0 Å². The Bertz CT molecular complexity index is 1260. The minimum absolute atomic E-state index is 0.0640. The van der Waals surface area contributed by atoms with E-state index in [-0.39, 0.29) is 39.3 Å². The Morgan fingerprint density at radius 3 is 2.71 bits per heavy atom. The van der Waals surface area contributed by atoms with Crippen molar-refractivity contribution in [2.45, 2.75) is 13.0 Å². The summed E-state index contributed by atoms with van der Waals surface area (Å²) in [4.78, 5) is 25.3. The van der Waals surface area contributed by atoms with Crippen molar-refractivity contribution >= 4 is 29.3 Å². The topological polar surface area (TPSA) is 100 Å². The van der Waals surface area contributed by atoms with Gasteiger partial charge in [-0.05, 0) is 41.8 Å². The summed E-state index contributed by atoms with van der Waals surface area (Å²) in [5, 5.41) is 21.1. The van der Waals surface area contributed by atoms with Crippen molar-refractivity contribution in [1.29, 1.82) is 5.26 Å². The van der Waals surface area contributed by atoms with Crippen LogP contribution in [0.5, 0.6) is 0 Å². The number of nitrogens with zero attached hydrogens (tertiary/aromatic N) is 3. The number of nitriles is 1. The monoisotopic (exact) mass is 433 g/mol. The van der Waals surface area contributed by atoms with Gasteiger partial charge in [0.1, 0.15) is 23.2 Å². The number of rotatable bonds is 4. The second kappa shape index (κ2) is 8.46. The molecule has 0 spiro atoms. The summed E-state index contributed by atoms with van der Waals surface area (Å²) in [5.74, 6) is 0.111. The maximum absolute atomic E-state index is 12.9. The minimum Gasteiger partial charge on any atom is -0.456 e. The van der Waals surface area contributed by atoms with Gasteiger partial charge < -0.3 is 9.32 Å². The van der Waals surface area contributed by atoms with Crippen molar-refractivity contribution in [3.8, 4) is 17.4 Å². The van der Waals surface area contributed by atoms with Gasteiger partial charge in [0.2, 0.25) is 0 Å². The largest absolute Gasteiger partial charge is 0.456 e. The van der Waals surface area contributed by atoms with E-state index in [0.29, 0.717) is 13.1 Å². The number of fused-ring (bicyclic) bond motifs is 1. The van der Waals surface area contributed by atoms with Crippen LogP contribution in [-0.2, 0) is 17.8 Å². The van der Waals surface area contributed by atoms with Gasteiger partial charge in [-0.15, -0.1) is 0 Å². The number of hydrogen-bond acceptors (Lipinski definition) is 5. The number of nitro groups is 1. The highest BCUT2D eigenvalue weighted by Crippen LogP contribution is 2.33. The molecule has 2 aromatic carbocycles. The number of benzene rings is 2. The van der Waals surface area contributed by atoms with Crippen molar-refractivity contribution in [2.75, 3.05) is 6.54 Å². The fourth-order valence-corrected chi connectivity index (χ4v) is 3.73. The molecule has 0 saturated carbocycles. The minimum atomic E-state index is -0.544. The quantitative estimate of drug-likeness (QED) is 0.249. The van der Waals surface area contributed by atoms with E-state index in [9.17, 15) is 20.2 Å². The Hall–Kier alpha value is -3.89. The second-order valence-electron chi connectivity index (χ2n) is 7.04. The van der Waals surface area contributed by atoms with Crippen LogP contribution in [0, 0.1) is 21.4 Å². The summed E-state index contributed by atoms with van der Waals surface area (Å²) in [6.45, 7) is 0.962. The van der Waals surface area contributed by atoms with Crippen LogP contribution in [0.3, 0.4) is 0 Å². The van der Waals surface area contributed by atoms with Crippen molar-refractivity contribution in [1.82, 2.24) is 4.90 Å². The number of furan rings is 1. The first-order chi connectivity index (χ1) is 15.0. The summed E-state index contributed by atoms with van der Waals surface area (Å²) in [7, 11) is 0. The molecule has 0 N–H and O–H groups in total. The van der Waals surface area contributed by atoms with Gasteiger partial charge in [-0.1, -0.05) is 35.9 Å². The molecular weight excluding hydrogens is 418 g/mol. The maximum atomic E-state index is 12.9. The molecule has 1 aliphatic heterocycles. The van der Waals surface area contributed by atoms with E-state index in [2.05, 4.69) is 0 Å². The lowest BCUT2D eigenvalue weighted by molar-refractivity contribution is -0.384. The Labute approximate surface area is 182 Å². The molecule has 4 rings (SSSR count). The molecule has 3 aromatic rings. The van der Waals surface area contributed by atoms with Gasteiger partial charge in [0.05, 0.1) is 10.5 Å². The van der Waals surface area contributed by atoms with Crippen LogP contribution in [0.2, 0.25) is 5.02 Å². The van der Waals surface area contributed by atoms with Gasteiger partial charge in [0.15, 0.2) is 0 Å². The first-order valence-corrected chi connectivity index (χ1v) is 9.86. The summed E-state index contributed by atoms with van der Waals surface area (Å²) in [5.41, 5.74) is 2.27. The van der Waals surface area contributed by atoms with Crippen LogP contribution in [0.4, 0.5) is 5.69 Å². The van der Waals surface area contributed by atoms with Crippen LogP contribution >= 0.6 is 11.6 Å². The lowest BCUT2D eigenvalue weighted by Crippen LogP contribution is -2.36. The van der Waals surface area contributed by atoms with Crippen LogP contribution in [-0.4, -0.2) is 22.3 Å². The van der Waals surface area contributed by atoms with E-state index < -0.39 is 4.92 Å². The second-order valence-corrected chi connectivity index (χ2v) is 7.47. The van der Waals surface area contributed by atoms with Crippen LogP contribution in [0.15, 0.2) is 64.6 Å². The predicted octanol–water partition coefficient (Wildman–Crippen LogP) is 5.00. The fourth-order valence-electron chi connectivity index (χ4n) is 3.56. The molecule has 31 heavy (non-hydrogen) atoms. The summed E-state index contributed by atoms with van der Waals surface area (Å²) < 4.78 is 5.68. The molecule has 0 bridgehead atoms. The third-order valence-corrected chi connectivity index (χ3v) is 5.34. The molecular formula is C23H16ClN3O4. The molecule has 0 fully saturated rings. The van der Waals surface area contributed by atoms with Crippen LogP contribution in [0.1, 0.15) is 16.9 Å². The van der Waals surface area contributed by atoms with Crippen molar-refractivity contribution in [3.63, 3.8) is 0 Å². The lowest BCUT2D eigenvalue weighted by atomic mass is 9.99. The zero-order valence-electron chi connectivity index (χ0n) is 16.2. The van der Waals surface area contributed by atoms with Gasteiger partial charge in [0, 0.05) is 30.3 Å². The zero-order valence-corrected chi connectivity index (χ0v) is 17.0. The zero-order chi connectivity index (χ0) is 22.0. The van der Waals surface area contributed by atoms with E-state index in [1.807, 2.05) is 30.3 Å². The average Bonchev–Trinajstić information content (AvgIpc) is 3.25. The number of carbonyl (C=O) groups is 1. The number of carbonyl (C=O) groups excluding carboxylic acids is 1. The van der Waals surface area contributed by atoms with Crippen molar-refractivity contribution in [2.24, 2.45) is 0 Å². The third-order valence-electron chi connectivity index (χ3n) is 5.10. The van der Waals surface area contributed by atoms with E-state index >= 15 is 0 Å². The smallest absolute Gasteiger partial charge is 0.281 e. The third kappa shape index (κ3) is 4.20. The molecule has 0 atom stereocenters. The normalized spacial score (nSPS) is 13.4. The highest BCUT2D eigenvalue weighted by Gasteiger charge is 2.24. The van der Waals surface area contributed by atoms with Gasteiger partial charge in [-0.3, -0.25) is 14.9 Å². The van der Waals surface area contributed by atoms with E-state index in [4.69, 9.17) is 16.0 Å². The molecule has 0 saturated heterocycles. The molecule has 1 amide bonds. The van der Waals surface area contributed by atoms with E-state index in [0.717, 1.165) is 12.0 Å². The molecule has 7 nitrogen and oxygen atoms in total. The summed E-state index contributed by atoms with van der Waals surface area (Å²) in [6.07, 6.45) is 2.08. The lowest BCUT2D eigenvalue weighted by Gasteiger charge is -2.28. The first-order valence-electron chi connectivity index (χ1n) is 9.48. The highest BCUT2D eigenvalue weighted by atomic mass is 35.5. The SMILES string of the molecule is N#C/C(=C\c1ccc(-c2ccc(Cl)cc2[N+](=O)[O-])o1)C(=O)N1CCc2ccccc2C1. The maximum Gasteiger partial charge on any atom is 0.281 e.